The van der Waals surface area contributed by atoms with E-state index in [0.717, 1.165) is 5.39 Å². The van der Waals surface area contributed by atoms with Crippen LogP contribution >= 0.6 is 7.82 Å². The maximum Gasteiger partial charge on any atom is 0.470 e. The van der Waals surface area contributed by atoms with Crippen molar-refractivity contribution in [2.24, 2.45) is 0 Å². The molecule has 0 saturated heterocycles. The number of fused-ring (bicyclic) bond motifs is 1. The Bertz CT molecular complexity index is 1030. The largest absolute Gasteiger partial charge is 0.470 e. The van der Waals surface area contributed by atoms with Crippen LogP contribution in [0.2, 0.25) is 0 Å². The van der Waals surface area contributed by atoms with E-state index in [-0.39, 0.29) is 5.56 Å². The van der Waals surface area contributed by atoms with E-state index in [1.165, 1.54) is 0 Å². The number of phosphoric acid groups is 1. The first-order chi connectivity index (χ1) is 13.9. The number of hydrogen-bond acceptors (Lipinski definition) is 10. The van der Waals surface area contributed by atoms with Crippen LogP contribution in [0.1, 0.15) is 11.1 Å². The van der Waals surface area contributed by atoms with Crippen molar-refractivity contribution in [3.63, 3.8) is 0 Å². The second kappa shape index (κ2) is 9.32. The minimum absolute atomic E-state index is 0.0868. The molecular weight excluding hydrogens is 425 g/mol. The lowest BCUT2D eigenvalue weighted by Gasteiger charge is -2.41. The minimum Gasteiger partial charge on any atom is -0.422 e. The molecule has 164 valence electrons. The summed E-state index contributed by atoms with van der Waals surface area (Å²) in [6.07, 6.45) is -11.3. The number of hydrogen-bond donors (Lipinski definition) is 7. The van der Waals surface area contributed by atoms with Crippen LogP contribution in [0.5, 0.6) is 0 Å². The molecule has 3 rings (SSSR count). The first-order valence-electron chi connectivity index (χ1n) is 8.46. The van der Waals surface area contributed by atoms with E-state index in [0.29, 0.717) is 11.1 Å². The second-order valence-corrected chi connectivity index (χ2v) is 7.70. The molecule has 7 N–H and O–H groups in total. The summed E-state index contributed by atoms with van der Waals surface area (Å²) < 4.78 is 19.5. The highest BCUT2D eigenvalue weighted by Gasteiger charge is 2.50. The summed E-state index contributed by atoms with van der Waals surface area (Å²) in [5, 5.41) is 55.7. The SMILES string of the molecule is Cc1c(C#N)c(=O)oc2ccccc12.O=P(O)(O)O[C@@H]1[C@@H](O)[C@H](O)[C@@H](O)[C@H](O)[C@@H]1O. The van der Waals surface area contributed by atoms with E-state index in [9.17, 15) is 29.8 Å². The van der Waals surface area contributed by atoms with E-state index in [1.807, 2.05) is 18.2 Å². The molecule has 13 heteroatoms. The zero-order chi connectivity index (χ0) is 22.8. The van der Waals surface area contributed by atoms with Crippen LogP contribution in [0.15, 0.2) is 33.5 Å². The number of benzene rings is 1. The van der Waals surface area contributed by atoms with Gasteiger partial charge >= 0.3 is 13.4 Å². The van der Waals surface area contributed by atoms with Gasteiger partial charge in [0.2, 0.25) is 0 Å². The predicted octanol–water partition coefficient (Wildman–Crippen LogP) is -1.74. The van der Waals surface area contributed by atoms with Crippen LogP contribution in [0.25, 0.3) is 11.0 Å². The molecule has 0 radical (unpaired) electrons. The summed E-state index contributed by atoms with van der Waals surface area (Å²) in [5.41, 5.74) is 0.723. The molecule has 1 saturated carbocycles. The van der Waals surface area contributed by atoms with Gasteiger partial charge in [-0.05, 0) is 18.6 Å². The first-order valence-corrected chi connectivity index (χ1v) is 9.99. The molecule has 1 fully saturated rings. The Morgan fingerprint density at radius 1 is 1.00 bits per heavy atom. The fourth-order valence-electron chi connectivity index (χ4n) is 2.91. The molecule has 0 amide bonds. The Kier molecular flexibility index (Phi) is 7.49. The third-order valence-electron chi connectivity index (χ3n) is 4.52. The standard InChI is InChI=1S/C11H7NO2.C6H13O9P/c1-7-8-4-2-3-5-10(8)14-11(13)9(7)6-12;7-1-2(8)4(10)6(5(11)3(1)9)15-16(12,13)14/h2-5H,1H3;1-11H,(H2,12,13,14)/t;1-,2-,3+,4-,5-,6-/m.0/s1. The third kappa shape index (κ3) is 5.11. The van der Waals surface area contributed by atoms with Crippen LogP contribution < -0.4 is 5.63 Å². The van der Waals surface area contributed by atoms with Crippen LogP contribution in [0, 0.1) is 18.3 Å². The van der Waals surface area contributed by atoms with Gasteiger partial charge in [-0.25, -0.2) is 9.36 Å². The fourth-order valence-corrected chi connectivity index (χ4v) is 3.48. The van der Waals surface area contributed by atoms with Crippen LogP contribution in [-0.4, -0.2) is 71.9 Å². The molecule has 12 nitrogen and oxygen atoms in total. The zero-order valence-corrected chi connectivity index (χ0v) is 16.3. The van der Waals surface area contributed by atoms with Crippen LogP contribution in [0.3, 0.4) is 0 Å². The molecule has 0 unspecified atom stereocenters. The predicted molar refractivity (Wildman–Crippen MR) is 98.9 cm³/mol. The van der Waals surface area contributed by atoms with E-state index in [4.69, 9.17) is 24.6 Å². The van der Waals surface area contributed by atoms with Gasteiger partial charge < -0.3 is 39.7 Å². The van der Waals surface area contributed by atoms with Gasteiger partial charge in [0, 0.05) is 5.39 Å². The molecule has 30 heavy (non-hydrogen) atoms. The average Bonchev–Trinajstić information content (AvgIpc) is 2.68. The first kappa shape index (κ1) is 24.1. The Morgan fingerprint density at radius 2 is 1.50 bits per heavy atom. The zero-order valence-electron chi connectivity index (χ0n) is 15.4. The van der Waals surface area contributed by atoms with E-state index < -0.39 is 50.1 Å². The van der Waals surface area contributed by atoms with Crippen molar-refractivity contribution in [1.29, 1.82) is 5.26 Å². The summed E-state index contributed by atoms with van der Waals surface area (Å²) in [4.78, 5) is 28.3. The topological polar surface area (TPSA) is 222 Å². The number of phosphoric ester groups is 1. The number of rotatable bonds is 2. The van der Waals surface area contributed by atoms with Crippen molar-refractivity contribution in [3.05, 3.63) is 45.8 Å². The average molecular weight is 445 g/mol. The minimum atomic E-state index is -5.01. The number of aryl methyl sites for hydroxylation is 1. The molecule has 1 aromatic carbocycles. The Hall–Kier alpha value is -2.17. The Morgan fingerprint density at radius 3 is 2.00 bits per heavy atom. The molecule has 1 heterocycles. The molecule has 0 bridgehead atoms. The highest BCUT2D eigenvalue weighted by Crippen LogP contribution is 2.41. The van der Waals surface area contributed by atoms with Gasteiger partial charge in [0.25, 0.3) is 0 Å². The van der Waals surface area contributed by atoms with Gasteiger partial charge in [-0.2, -0.15) is 5.26 Å². The summed E-state index contributed by atoms with van der Waals surface area (Å²) in [6.45, 7) is 1.75. The monoisotopic (exact) mass is 445 g/mol. The highest BCUT2D eigenvalue weighted by molar-refractivity contribution is 7.46. The lowest BCUT2D eigenvalue weighted by Crippen LogP contribution is -2.64. The molecule has 0 spiro atoms. The Labute approximate surface area is 169 Å². The molecule has 6 atom stereocenters. The molecular formula is C17H20NO11P. The smallest absolute Gasteiger partial charge is 0.422 e. The molecule has 1 aliphatic carbocycles. The summed E-state index contributed by atoms with van der Waals surface area (Å²) in [7, 11) is -5.01. The van der Waals surface area contributed by atoms with Crippen molar-refractivity contribution in [2.75, 3.05) is 0 Å². The van der Waals surface area contributed by atoms with Crippen molar-refractivity contribution in [1.82, 2.24) is 0 Å². The van der Waals surface area contributed by atoms with Gasteiger partial charge in [-0.3, -0.25) is 4.52 Å². The number of aliphatic hydroxyl groups is 5. The summed E-state index contributed by atoms with van der Waals surface area (Å²) >= 11 is 0. The van der Waals surface area contributed by atoms with Crippen molar-refractivity contribution >= 4 is 18.8 Å². The lowest BCUT2D eigenvalue weighted by atomic mass is 9.85. The van der Waals surface area contributed by atoms with E-state index in [2.05, 4.69) is 4.52 Å². The summed E-state index contributed by atoms with van der Waals surface area (Å²) in [6, 6.07) is 9.02. The Balaban J connectivity index is 0.000000215. The van der Waals surface area contributed by atoms with Gasteiger partial charge in [0.15, 0.2) is 0 Å². The van der Waals surface area contributed by atoms with Crippen molar-refractivity contribution in [2.45, 2.75) is 43.5 Å². The van der Waals surface area contributed by atoms with Gasteiger partial charge in [-0.15, -0.1) is 0 Å². The molecule has 0 aliphatic heterocycles. The maximum absolute atomic E-state index is 11.3. The van der Waals surface area contributed by atoms with Crippen molar-refractivity contribution in [3.8, 4) is 6.07 Å². The van der Waals surface area contributed by atoms with Gasteiger partial charge in [-0.1, -0.05) is 18.2 Å². The van der Waals surface area contributed by atoms with Gasteiger partial charge in [0.05, 0.1) is 0 Å². The molecule has 1 aromatic heterocycles. The lowest BCUT2D eigenvalue weighted by molar-refractivity contribution is -0.219. The van der Waals surface area contributed by atoms with Crippen molar-refractivity contribution < 1.29 is 48.8 Å². The van der Waals surface area contributed by atoms with Crippen LogP contribution in [0.4, 0.5) is 0 Å². The second-order valence-electron chi connectivity index (χ2n) is 6.51. The third-order valence-corrected chi connectivity index (χ3v) is 5.03. The normalized spacial score (nSPS) is 29.0. The van der Waals surface area contributed by atoms with E-state index in [1.54, 1.807) is 19.1 Å². The number of para-hydroxylation sites is 1. The van der Waals surface area contributed by atoms with Crippen LogP contribution in [-0.2, 0) is 9.09 Å². The van der Waals surface area contributed by atoms with E-state index >= 15 is 0 Å². The fraction of sp³-hybridized carbons (Fsp3) is 0.412. The number of aliphatic hydroxyl groups excluding tert-OH is 5. The molecule has 2 aromatic rings. The number of nitrogens with zero attached hydrogens (tertiary/aromatic N) is 1. The number of nitriles is 1. The maximum atomic E-state index is 11.3. The quantitative estimate of drug-likeness (QED) is 0.202. The highest BCUT2D eigenvalue weighted by atomic mass is 31.2. The molecule has 1 aliphatic rings. The summed E-state index contributed by atoms with van der Waals surface area (Å²) in [5.74, 6) is 0. The van der Waals surface area contributed by atoms with Gasteiger partial charge in [0.1, 0.15) is 53.8 Å².